The van der Waals surface area contributed by atoms with E-state index in [1.807, 2.05) is 0 Å². The van der Waals surface area contributed by atoms with E-state index >= 15 is 0 Å². The Morgan fingerprint density at radius 3 is 1.44 bits per heavy atom. The average molecular weight is 228 g/mol. The number of hydrogen-bond acceptors (Lipinski definition) is 4. The lowest BCUT2D eigenvalue weighted by Gasteiger charge is -2.05. The normalized spacial score (nSPS) is 11.1. The molecule has 4 heteroatoms. The number of carbonyl (C=O) groups is 2. The van der Waals surface area contributed by atoms with Crippen LogP contribution in [-0.4, -0.2) is 25.2 Å². The van der Waals surface area contributed by atoms with Crippen LogP contribution in [-0.2, 0) is 19.1 Å². The predicted molar refractivity (Wildman–Crippen MR) is 60.7 cm³/mol. The molecular weight excluding hydrogens is 208 g/mol. The van der Waals surface area contributed by atoms with Gasteiger partial charge >= 0.3 is 11.9 Å². The highest BCUT2D eigenvalue weighted by Crippen LogP contribution is 1.97. The molecule has 0 bridgehead atoms. The Morgan fingerprint density at radius 1 is 0.875 bits per heavy atom. The first-order valence-corrected chi connectivity index (χ1v) is 5.43. The van der Waals surface area contributed by atoms with Gasteiger partial charge in [-0.05, 0) is 12.2 Å². The number of ether oxygens (including phenoxy) is 2. The highest BCUT2D eigenvalue weighted by molar-refractivity contribution is 5.72. The van der Waals surface area contributed by atoms with Crippen LogP contribution < -0.4 is 0 Å². The summed E-state index contributed by atoms with van der Waals surface area (Å²) in [5, 5.41) is 0. The molecule has 4 nitrogen and oxygen atoms in total. The highest BCUT2D eigenvalue weighted by Gasteiger charge is 2.07. The van der Waals surface area contributed by atoms with Crippen molar-refractivity contribution in [3.8, 4) is 0 Å². The van der Waals surface area contributed by atoms with Crippen molar-refractivity contribution in [1.29, 1.82) is 0 Å². The van der Waals surface area contributed by atoms with Gasteiger partial charge < -0.3 is 9.47 Å². The molecule has 0 aromatic rings. The molecule has 0 saturated carbocycles. The molecule has 16 heavy (non-hydrogen) atoms. The Hall–Kier alpha value is -1.32. The van der Waals surface area contributed by atoms with Gasteiger partial charge in [0, 0.05) is 0 Å². The molecular formula is C12H20O4. The van der Waals surface area contributed by atoms with Crippen LogP contribution in [0, 0.1) is 11.8 Å². The van der Waals surface area contributed by atoms with Crippen LogP contribution in [0.5, 0.6) is 0 Å². The maximum atomic E-state index is 11.0. The standard InChI is InChI=1S/C12H20O4/c1-9(2)11(13)15-7-5-6-8-16-12(14)10(3)4/h5-6,9-10H,7-8H2,1-4H3. The zero-order valence-corrected chi connectivity index (χ0v) is 10.4. The van der Waals surface area contributed by atoms with Crippen molar-refractivity contribution in [3.63, 3.8) is 0 Å². The van der Waals surface area contributed by atoms with E-state index in [9.17, 15) is 9.59 Å². The summed E-state index contributed by atoms with van der Waals surface area (Å²) in [6.45, 7) is 7.53. The maximum Gasteiger partial charge on any atom is 0.308 e. The smallest absolute Gasteiger partial charge is 0.308 e. The molecule has 0 heterocycles. The average Bonchev–Trinajstić information content (AvgIpc) is 2.21. The third-order valence-corrected chi connectivity index (χ3v) is 1.75. The van der Waals surface area contributed by atoms with Gasteiger partial charge in [0.15, 0.2) is 0 Å². The van der Waals surface area contributed by atoms with E-state index in [1.165, 1.54) is 0 Å². The Bertz CT molecular complexity index is 228. The first-order valence-electron chi connectivity index (χ1n) is 5.43. The van der Waals surface area contributed by atoms with Gasteiger partial charge in [-0.2, -0.15) is 0 Å². The van der Waals surface area contributed by atoms with Crippen LogP contribution in [0.15, 0.2) is 12.2 Å². The molecule has 0 aromatic carbocycles. The molecule has 0 aliphatic carbocycles. The Labute approximate surface area is 96.6 Å². The minimum atomic E-state index is -0.233. The first kappa shape index (κ1) is 14.7. The van der Waals surface area contributed by atoms with Crippen LogP contribution in [0.1, 0.15) is 27.7 Å². The van der Waals surface area contributed by atoms with E-state index in [1.54, 1.807) is 39.8 Å². The zero-order chi connectivity index (χ0) is 12.6. The predicted octanol–water partition coefficient (Wildman–Crippen LogP) is 1.94. The van der Waals surface area contributed by atoms with Crippen LogP contribution >= 0.6 is 0 Å². The Kier molecular flexibility index (Phi) is 7.25. The SMILES string of the molecule is CC(C)C(=O)OCC=CCOC(=O)C(C)C. The second kappa shape index (κ2) is 7.91. The lowest BCUT2D eigenvalue weighted by Crippen LogP contribution is -2.12. The number of carbonyl (C=O) groups excluding carboxylic acids is 2. The van der Waals surface area contributed by atoms with E-state index < -0.39 is 0 Å². The quantitative estimate of drug-likeness (QED) is 0.515. The van der Waals surface area contributed by atoms with Gasteiger partial charge in [-0.15, -0.1) is 0 Å². The van der Waals surface area contributed by atoms with Crippen molar-refractivity contribution < 1.29 is 19.1 Å². The molecule has 0 fully saturated rings. The Morgan fingerprint density at radius 2 is 1.19 bits per heavy atom. The molecule has 0 saturated heterocycles. The van der Waals surface area contributed by atoms with Crippen molar-refractivity contribution in [2.45, 2.75) is 27.7 Å². The molecule has 0 radical (unpaired) electrons. The van der Waals surface area contributed by atoms with Crippen LogP contribution in [0.3, 0.4) is 0 Å². The highest BCUT2D eigenvalue weighted by atomic mass is 16.5. The third-order valence-electron chi connectivity index (χ3n) is 1.75. The van der Waals surface area contributed by atoms with Gasteiger partial charge in [0.2, 0.25) is 0 Å². The molecule has 0 spiro atoms. The third kappa shape index (κ3) is 7.04. The summed E-state index contributed by atoms with van der Waals surface area (Å²) in [6.07, 6.45) is 3.32. The topological polar surface area (TPSA) is 52.6 Å². The van der Waals surface area contributed by atoms with Gasteiger partial charge in [-0.3, -0.25) is 9.59 Å². The summed E-state index contributed by atoms with van der Waals surface area (Å²) in [7, 11) is 0. The lowest BCUT2D eigenvalue weighted by molar-refractivity contribution is -0.147. The first-order chi connectivity index (χ1) is 7.45. The molecule has 0 aromatic heterocycles. The molecule has 0 rings (SSSR count). The summed E-state index contributed by atoms with van der Waals surface area (Å²) in [6, 6.07) is 0. The van der Waals surface area contributed by atoms with Crippen molar-refractivity contribution in [2.75, 3.05) is 13.2 Å². The van der Waals surface area contributed by atoms with Gasteiger partial charge in [-0.25, -0.2) is 0 Å². The minimum absolute atomic E-state index is 0.118. The van der Waals surface area contributed by atoms with Crippen LogP contribution in [0.4, 0.5) is 0 Å². The van der Waals surface area contributed by atoms with Gasteiger partial charge in [0.05, 0.1) is 11.8 Å². The molecule has 0 atom stereocenters. The summed E-state index contributed by atoms with van der Waals surface area (Å²) >= 11 is 0. The molecule has 0 aliphatic heterocycles. The van der Waals surface area contributed by atoms with Crippen molar-refractivity contribution in [3.05, 3.63) is 12.2 Å². The molecule has 0 unspecified atom stereocenters. The van der Waals surface area contributed by atoms with Gasteiger partial charge in [0.25, 0.3) is 0 Å². The second-order valence-electron chi connectivity index (χ2n) is 4.04. The Balaban J connectivity index is 3.56. The van der Waals surface area contributed by atoms with Crippen molar-refractivity contribution in [1.82, 2.24) is 0 Å². The minimum Gasteiger partial charge on any atom is -0.461 e. The van der Waals surface area contributed by atoms with E-state index in [-0.39, 0.29) is 37.0 Å². The maximum absolute atomic E-state index is 11.0. The molecule has 92 valence electrons. The lowest BCUT2D eigenvalue weighted by atomic mass is 10.2. The second-order valence-corrected chi connectivity index (χ2v) is 4.04. The van der Waals surface area contributed by atoms with E-state index in [4.69, 9.17) is 9.47 Å². The summed E-state index contributed by atoms with van der Waals surface area (Å²) in [5.41, 5.74) is 0. The number of esters is 2. The van der Waals surface area contributed by atoms with E-state index in [0.29, 0.717) is 0 Å². The molecule has 0 N–H and O–H groups in total. The zero-order valence-electron chi connectivity index (χ0n) is 10.4. The van der Waals surface area contributed by atoms with E-state index in [0.717, 1.165) is 0 Å². The van der Waals surface area contributed by atoms with Crippen LogP contribution in [0.2, 0.25) is 0 Å². The molecule has 0 amide bonds. The fraction of sp³-hybridized carbons (Fsp3) is 0.667. The number of hydrogen-bond donors (Lipinski definition) is 0. The van der Waals surface area contributed by atoms with Gasteiger partial charge in [0.1, 0.15) is 13.2 Å². The van der Waals surface area contributed by atoms with Crippen LogP contribution in [0.25, 0.3) is 0 Å². The molecule has 0 aliphatic rings. The van der Waals surface area contributed by atoms with Crippen molar-refractivity contribution >= 4 is 11.9 Å². The summed E-state index contributed by atoms with van der Waals surface area (Å²) < 4.78 is 9.78. The summed E-state index contributed by atoms with van der Waals surface area (Å²) in [4.78, 5) is 22.1. The monoisotopic (exact) mass is 228 g/mol. The fourth-order valence-electron chi connectivity index (χ4n) is 0.730. The van der Waals surface area contributed by atoms with Gasteiger partial charge in [-0.1, -0.05) is 27.7 Å². The largest absolute Gasteiger partial charge is 0.461 e. The number of rotatable bonds is 6. The fourth-order valence-corrected chi connectivity index (χ4v) is 0.730. The summed E-state index contributed by atoms with van der Waals surface area (Å²) in [5.74, 6) is -0.702. The van der Waals surface area contributed by atoms with E-state index in [2.05, 4.69) is 0 Å². The van der Waals surface area contributed by atoms with Crippen molar-refractivity contribution in [2.24, 2.45) is 11.8 Å².